The van der Waals surface area contributed by atoms with Gasteiger partial charge in [0.15, 0.2) is 5.65 Å². The van der Waals surface area contributed by atoms with E-state index in [0.29, 0.717) is 5.65 Å². The van der Waals surface area contributed by atoms with Crippen LogP contribution in [0.4, 0.5) is 13.2 Å². The number of rotatable bonds is 1. The smallest absolute Gasteiger partial charge is 0.237 e. The summed E-state index contributed by atoms with van der Waals surface area (Å²) in [7, 11) is 0. The van der Waals surface area contributed by atoms with Gasteiger partial charge in [-0.2, -0.15) is 18.3 Å². The summed E-state index contributed by atoms with van der Waals surface area (Å²) >= 11 is 0. The molecule has 74 valence electrons. The number of alkyl halides is 3. The van der Waals surface area contributed by atoms with Gasteiger partial charge in [0, 0.05) is 18.5 Å². The molecule has 0 N–H and O–H groups in total. The normalized spacial score (nSPS) is 12.2. The van der Waals surface area contributed by atoms with Crippen LogP contribution in [0.1, 0.15) is 5.69 Å². The van der Waals surface area contributed by atoms with Crippen molar-refractivity contribution in [2.75, 3.05) is 0 Å². The summed E-state index contributed by atoms with van der Waals surface area (Å²) in [6.07, 6.45) is -2.18. The van der Waals surface area contributed by atoms with Crippen LogP contribution in [0.5, 0.6) is 0 Å². The molecule has 0 fully saturated rings. The van der Waals surface area contributed by atoms with Crippen LogP contribution >= 0.6 is 0 Å². The van der Waals surface area contributed by atoms with E-state index in [4.69, 9.17) is 0 Å². The van der Waals surface area contributed by atoms with Crippen LogP contribution in [-0.4, -0.2) is 20.8 Å². The third-order valence-electron chi connectivity index (χ3n) is 1.67. The molecule has 6 heteroatoms. The zero-order valence-electron chi connectivity index (χ0n) is 6.99. The summed E-state index contributed by atoms with van der Waals surface area (Å²) in [6, 6.07) is 2.94. The molecule has 14 heavy (non-hydrogen) atoms. The minimum absolute atomic E-state index is 0.0174. The third kappa shape index (κ3) is 1.84. The van der Waals surface area contributed by atoms with E-state index < -0.39 is 12.6 Å². The zero-order chi connectivity index (χ0) is 10.2. The molecular formula is C8H6F3N3. The first-order chi connectivity index (χ1) is 6.54. The van der Waals surface area contributed by atoms with E-state index in [1.165, 1.54) is 16.8 Å². The van der Waals surface area contributed by atoms with Crippen molar-refractivity contribution in [1.82, 2.24) is 14.6 Å². The Bertz CT molecular complexity index is 413. The Morgan fingerprint density at radius 1 is 1.36 bits per heavy atom. The lowest BCUT2D eigenvalue weighted by atomic mass is 10.3. The van der Waals surface area contributed by atoms with Crippen molar-refractivity contribution in [1.29, 1.82) is 0 Å². The molecule has 0 spiro atoms. The van der Waals surface area contributed by atoms with E-state index in [0.717, 1.165) is 0 Å². The summed E-state index contributed by atoms with van der Waals surface area (Å²) < 4.78 is 37.3. The molecule has 0 aromatic carbocycles. The lowest BCUT2D eigenvalue weighted by Crippen LogP contribution is -2.11. The molecule has 0 radical (unpaired) electrons. The van der Waals surface area contributed by atoms with Crippen molar-refractivity contribution in [2.24, 2.45) is 0 Å². The first-order valence-corrected chi connectivity index (χ1v) is 3.91. The van der Waals surface area contributed by atoms with Crippen LogP contribution in [0.3, 0.4) is 0 Å². The maximum absolute atomic E-state index is 12.0. The Kier molecular flexibility index (Phi) is 1.90. The largest absolute Gasteiger partial charge is 0.394 e. The first-order valence-electron chi connectivity index (χ1n) is 3.91. The second-order valence-electron chi connectivity index (χ2n) is 2.85. The molecule has 2 rings (SSSR count). The molecule has 0 saturated heterocycles. The van der Waals surface area contributed by atoms with Crippen LogP contribution in [0.25, 0.3) is 5.65 Å². The molecule has 0 bridgehead atoms. The van der Waals surface area contributed by atoms with Crippen molar-refractivity contribution in [3.63, 3.8) is 0 Å². The molecule has 0 amide bonds. The summed E-state index contributed by atoms with van der Waals surface area (Å²) in [5.74, 6) is 0. The number of hydrogen-bond donors (Lipinski definition) is 0. The van der Waals surface area contributed by atoms with Gasteiger partial charge < -0.3 is 0 Å². The quantitative estimate of drug-likeness (QED) is 0.704. The Morgan fingerprint density at radius 2 is 2.14 bits per heavy atom. The second-order valence-corrected chi connectivity index (χ2v) is 2.85. The van der Waals surface area contributed by atoms with Crippen molar-refractivity contribution in [2.45, 2.75) is 12.6 Å². The zero-order valence-corrected chi connectivity index (χ0v) is 6.99. The predicted molar refractivity (Wildman–Crippen MR) is 42.7 cm³/mol. The maximum atomic E-state index is 12.0. The molecule has 0 saturated carbocycles. The molecule has 0 aliphatic carbocycles. The average Bonchev–Trinajstić information content (AvgIpc) is 2.42. The van der Waals surface area contributed by atoms with Crippen LogP contribution < -0.4 is 0 Å². The van der Waals surface area contributed by atoms with E-state index in [-0.39, 0.29) is 5.69 Å². The third-order valence-corrected chi connectivity index (χ3v) is 1.67. The molecule has 2 heterocycles. The van der Waals surface area contributed by atoms with Crippen LogP contribution in [0, 0.1) is 0 Å². The van der Waals surface area contributed by atoms with Crippen LogP contribution in [-0.2, 0) is 6.42 Å². The summed E-state index contributed by atoms with van der Waals surface area (Å²) in [6.45, 7) is 0. The highest BCUT2D eigenvalue weighted by Gasteiger charge is 2.29. The number of nitrogens with zero attached hydrogens (tertiary/aromatic N) is 3. The van der Waals surface area contributed by atoms with E-state index in [2.05, 4.69) is 10.1 Å². The molecule has 0 atom stereocenters. The van der Waals surface area contributed by atoms with Crippen molar-refractivity contribution >= 4 is 5.65 Å². The fourth-order valence-corrected chi connectivity index (χ4v) is 1.17. The van der Waals surface area contributed by atoms with Gasteiger partial charge in [0.1, 0.15) is 0 Å². The standard InChI is InChI=1S/C8H6F3N3/c9-8(10,11)5-6-4-7-12-2-1-3-14(7)13-6/h1-4H,5H2. The van der Waals surface area contributed by atoms with Crippen molar-refractivity contribution in [3.05, 3.63) is 30.2 Å². The number of hydrogen-bond acceptors (Lipinski definition) is 2. The highest BCUT2D eigenvalue weighted by atomic mass is 19.4. The maximum Gasteiger partial charge on any atom is 0.394 e. The minimum Gasteiger partial charge on any atom is -0.237 e. The summed E-state index contributed by atoms with van der Waals surface area (Å²) in [5.41, 5.74) is 0.406. The van der Waals surface area contributed by atoms with Gasteiger partial charge in [0.2, 0.25) is 0 Å². The number of halogens is 3. The molecule has 3 nitrogen and oxygen atoms in total. The SMILES string of the molecule is FC(F)(F)Cc1cc2ncccn2n1. The van der Waals surface area contributed by atoms with E-state index >= 15 is 0 Å². The Labute approximate surface area is 77.2 Å². The van der Waals surface area contributed by atoms with Crippen LogP contribution in [0.15, 0.2) is 24.5 Å². The van der Waals surface area contributed by atoms with Gasteiger partial charge in [-0.05, 0) is 6.07 Å². The highest BCUT2D eigenvalue weighted by Crippen LogP contribution is 2.20. The van der Waals surface area contributed by atoms with E-state index in [1.54, 1.807) is 12.3 Å². The Hall–Kier alpha value is -1.59. The van der Waals surface area contributed by atoms with Gasteiger partial charge in [-0.15, -0.1) is 0 Å². The van der Waals surface area contributed by atoms with Gasteiger partial charge >= 0.3 is 6.18 Å². The van der Waals surface area contributed by atoms with Gasteiger partial charge in [0.05, 0.1) is 12.1 Å². The lowest BCUT2D eigenvalue weighted by molar-refractivity contribution is -0.127. The van der Waals surface area contributed by atoms with Crippen molar-refractivity contribution in [3.8, 4) is 0 Å². The van der Waals surface area contributed by atoms with Gasteiger partial charge in [-0.3, -0.25) is 0 Å². The Morgan fingerprint density at radius 3 is 2.79 bits per heavy atom. The minimum atomic E-state index is -4.22. The molecule has 0 aliphatic heterocycles. The summed E-state index contributed by atoms with van der Waals surface area (Å²) in [4.78, 5) is 3.86. The molecular weight excluding hydrogens is 195 g/mol. The van der Waals surface area contributed by atoms with Gasteiger partial charge in [-0.1, -0.05) is 0 Å². The predicted octanol–water partition coefficient (Wildman–Crippen LogP) is 1.83. The molecule has 0 aliphatic rings. The number of fused-ring (bicyclic) bond motifs is 1. The first kappa shape index (κ1) is 8.98. The van der Waals surface area contributed by atoms with E-state index in [9.17, 15) is 13.2 Å². The second kappa shape index (κ2) is 2.97. The Balaban J connectivity index is 2.36. The van der Waals surface area contributed by atoms with Gasteiger partial charge in [0.25, 0.3) is 0 Å². The fourth-order valence-electron chi connectivity index (χ4n) is 1.17. The number of aromatic nitrogens is 3. The van der Waals surface area contributed by atoms with Crippen LogP contribution in [0.2, 0.25) is 0 Å². The molecule has 0 unspecified atom stereocenters. The average molecular weight is 201 g/mol. The van der Waals surface area contributed by atoms with Crippen molar-refractivity contribution < 1.29 is 13.2 Å². The molecule has 2 aromatic rings. The topological polar surface area (TPSA) is 30.2 Å². The van der Waals surface area contributed by atoms with E-state index in [1.807, 2.05) is 0 Å². The highest BCUT2D eigenvalue weighted by molar-refractivity contribution is 5.38. The van der Waals surface area contributed by atoms with Gasteiger partial charge in [-0.25, -0.2) is 9.50 Å². The lowest BCUT2D eigenvalue weighted by Gasteiger charge is -2.01. The summed E-state index contributed by atoms with van der Waals surface area (Å²) in [5, 5.41) is 3.73. The fraction of sp³-hybridized carbons (Fsp3) is 0.250. The monoisotopic (exact) mass is 201 g/mol. The molecule has 2 aromatic heterocycles.